The molecule has 0 spiro atoms. The molecule has 2 N–H and O–H groups in total. The van der Waals surface area contributed by atoms with E-state index in [1.54, 1.807) is 17.5 Å². The smallest absolute Gasteiger partial charge is 0.267 e. The summed E-state index contributed by atoms with van der Waals surface area (Å²) in [6, 6.07) is 3.27. The van der Waals surface area contributed by atoms with Crippen molar-refractivity contribution in [3.05, 3.63) is 22.4 Å². The minimum Gasteiger partial charge on any atom is -0.359 e. The van der Waals surface area contributed by atoms with Crippen molar-refractivity contribution >= 4 is 44.4 Å². The van der Waals surface area contributed by atoms with E-state index < -0.39 is 9.84 Å². The van der Waals surface area contributed by atoms with Crippen LogP contribution in [0.3, 0.4) is 0 Å². The molecule has 2 heterocycles. The van der Waals surface area contributed by atoms with Gasteiger partial charge in [0, 0.05) is 6.04 Å². The van der Waals surface area contributed by atoms with Crippen LogP contribution in [0.1, 0.15) is 16.1 Å². The van der Waals surface area contributed by atoms with Crippen molar-refractivity contribution in [2.45, 2.75) is 12.5 Å². The lowest BCUT2D eigenvalue weighted by atomic mass is 10.3. The van der Waals surface area contributed by atoms with Gasteiger partial charge >= 0.3 is 0 Å². The molecule has 1 saturated heterocycles. The van der Waals surface area contributed by atoms with E-state index in [1.165, 1.54) is 11.3 Å². The third kappa shape index (κ3) is 3.50. The molecule has 0 radical (unpaired) electrons. The van der Waals surface area contributed by atoms with Crippen molar-refractivity contribution in [2.24, 2.45) is 0 Å². The molecule has 1 amide bonds. The zero-order valence-corrected chi connectivity index (χ0v) is 11.8. The topological polar surface area (TPSA) is 75.3 Å². The molecule has 2 rings (SSSR count). The molecule has 0 unspecified atom stereocenters. The van der Waals surface area contributed by atoms with Crippen LogP contribution in [0.2, 0.25) is 0 Å². The Kier molecular flexibility index (Phi) is 3.98. The summed E-state index contributed by atoms with van der Waals surface area (Å²) in [5, 5.41) is 7.36. The van der Waals surface area contributed by atoms with E-state index in [1.807, 2.05) is 0 Å². The Morgan fingerprint density at radius 1 is 1.50 bits per heavy atom. The summed E-state index contributed by atoms with van der Waals surface area (Å²) in [4.78, 5) is 12.2. The van der Waals surface area contributed by atoms with Gasteiger partial charge in [-0.3, -0.25) is 10.1 Å². The first-order valence-corrected chi connectivity index (χ1v) is 8.43. The van der Waals surface area contributed by atoms with Crippen molar-refractivity contribution in [3.63, 3.8) is 0 Å². The Balaban J connectivity index is 1.85. The standard InChI is InChI=1S/C10H12N2O3S3/c13-9(8-2-1-4-17-8)12-10(16)11-7-3-5-18(14,15)6-7/h1-2,4,7H,3,5-6H2,(H2,11,12,13,16)/t7-/m0/s1. The van der Waals surface area contributed by atoms with E-state index in [0.29, 0.717) is 11.3 Å². The molecule has 1 aliphatic heterocycles. The van der Waals surface area contributed by atoms with E-state index in [9.17, 15) is 13.2 Å². The summed E-state index contributed by atoms with van der Waals surface area (Å²) in [7, 11) is -2.95. The van der Waals surface area contributed by atoms with Gasteiger partial charge in [0.2, 0.25) is 0 Å². The van der Waals surface area contributed by atoms with Crippen LogP contribution in [0.4, 0.5) is 0 Å². The van der Waals surface area contributed by atoms with Crippen LogP contribution in [-0.2, 0) is 9.84 Å². The van der Waals surface area contributed by atoms with Crippen molar-refractivity contribution in [2.75, 3.05) is 11.5 Å². The fraction of sp³-hybridized carbons (Fsp3) is 0.400. The average Bonchev–Trinajstić information content (AvgIpc) is 2.87. The largest absolute Gasteiger partial charge is 0.359 e. The molecule has 1 atom stereocenters. The number of amides is 1. The Labute approximate surface area is 115 Å². The Morgan fingerprint density at radius 2 is 2.28 bits per heavy atom. The summed E-state index contributed by atoms with van der Waals surface area (Å²) in [6.07, 6.45) is 0.525. The molecule has 1 aromatic rings. The minimum absolute atomic E-state index is 0.0714. The monoisotopic (exact) mass is 304 g/mol. The summed E-state index contributed by atoms with van der Waals surface area (Å²) < 4.78 is 22.5. The number of nitrogens with one attached hydrogen (secondary N) is 2. The Bertz CT molecular complexity index is 551. The number of hydrogen-bond acceptors (Lipinski definition) is 5. The Morgan fingerprint density at radius 3 is 2.83 bits per heavy atom. The third-order valence-electron chi connectivity index (χ3n) is 2.54. The fourth-order valence-electron chi connectivity index (χ4n) is 1.70. The fourth-order valence-corrected chi connectivity index (χ4v) is 4.25. The molecule has 1 aromatic heterocycles. The summed E-state index contributed by atoms with van der Waals surface area (Å²) >= 11 is 6.30. The molecule has 1 aliphatic rings. The normalized spacial score (nSPS) is 21.4. The van der Waals surface area contributed by atoms with Crippen molar-refractivity contribution in [3.8, 4) is 0 Å². The molecular weight excluding hydrogens is 292 g/mol. The van der Waals surface area contributed by atoms with Gasteiger partial charge in [-0.15, -0.1) is 11.3 Å². The number of rotatable bonds is 2. The van der Waals surface area contributed by atoms with Gasteiger partial charge in [-0.2, -0.15) is 0 Å². The molecule has 0 saturated carbocycles. The molecular formula is C10H12N2O3S3. The van der Waals surface area contributed by atoms with Gasteiger partial charge in [-0.1, -0.05) is 6.07 Å². The van der Waals surface area contributed by atoms with Gasteiger partial charge in [-0.25, -0.2) is 8.42 Å². The molecule has 1 fully saturated rings. The van der Waals surface area contributed by atoms with Gasteiger partial charge in [0.25, 0.3) is 5.91 Å². The lowest BCUT2D eigenvalue weighted by Crippen LogP contribution is -2.44. The van der Waals surface area contributed by atoms with Crippen LogP contribution < -0.4 is 10.6 Å². The zero-order valence-electron chi connectivity index (χ0n) is 9.38. The van der Waals surface area contributed by atoms with Gasteiger partial charge in [0.15, 0.2) is 14.9 Å². The predicted molar refractivity (Wildman–Crippen MR) is 74.6 cm³/mol. The Hall–Kier alpha value is -0.990. The first kappa shape index (κ1) is 13.4. The molecule has 98 valence electrons. The number of thiocarbonyl (C=S) groups is 1. The zero-order chi connectivity index (χ0) is 13.2. The van der Waals surface area contributed by atoms with Gasteiger partial charge in [-0.05, 0) is 30.1 Å². The first-order chi connectivity index (χ1) is 8.46. The summed E-state index contributed by atoms with van der Waals surface area (Å²) in [6.45, 7) is 0. The molecule has 0 aromatic carbocycles. The minimum atomic E-state index is -2.95. The SMILES string of the molecule is O=C(NC(=S)N[C@H]1CCS(=O)(=O)C1)c1cccs1. The second-order valence-electron chi connectivity index (χ2n) is 4.00. The van der Waals surface area contributed by atoms with Crippen molar-refractivity contribution in [1.82, 2.24) is 10.6 Å². The second kappa shape index (κ2) is 5.33. The average molecular weight is 304 g/mol. The van der Waals surface area contributed by atoms with Crippen molar-refractivity contribution in [1.29, 1.82) is 0 Å². The van der Waals surface area contributed by atoms with E-state index in [0.717, 1.165) is 0 Å². The van der Waals surface area contributed by atoms with Crippen LogP contribution in [0, 0.1) is 0 Å². The highest BCUT2D eigenvalue weighted by Crippen LogP contribution is 2.11. The summed E-state index contributed by atoms with van der Waals surface area (Å²) in [5.74, 6) is -0.0305. The van der Waals surface area contributed by atoms with E-state index in [4.69, 9.17) is 12.2 Å². The van der Waals surface area contributed by atoms with E-state index in [2.05, 4.69) is 10.6 Å². The number of sulfone groups is 1. The van der Waals surface area contributed by atoms with Crippen LogP contribution in [0.5, 0.6) is 0 Å². The number of hydrogen-bond donors (Lipinski definition) is 2. The summed E-state index contributed by atoms with van der Waals surface area (Å²) in [5.41, 5.74) is 0. The second-order valence-corrected chi connectivity index (χ2v) is 7.59. The van der Waals surface area contributed by atoms with Gasteiger partial charge < -0.3 is 5.32 Å². The lowest BCUT2D eigenvalue weighted by Gasteiger charge is -2.13. The van der Waals surface area contributed by atoms with Crippen LogP contribution in [0.15, 0.2) is 17.5 Å². The highest BCUT2D eigenvalue weighted by atomic mass is 32.2. The van der Waals surface area contributed by atoms with Crippen LogP contribution in [-0.4, -0.2) is 37.0 Å². The molecule has 5 nitrogen and oxygen atoms in total. The van der Waals surface area contributed by atoms with Gasteiger partial charge in [0.1, 0.15) is 0 Å². The number of carbonyl (C=O) groups is 1. The molecule has 0 aliphatic carbocycles. The molecule has 8 heteroatoms. The van der Waals surface area contributed by atoms with Gasteiger partial charge in [0.05, 0.1) is 16.4 Å². The molecule has 18 heavy (non-hydrogen) atoms. The van der Waals surface area contributed by atoms with E-state index in [-0.39, 0.29) is 28.6 Å². The predicted octanol–water partition coefficient (Wildman–Crippen LogP) is 0.539. The lowest BCUT2D eigenvalue weighted by molar-refractivity contribution is 0.0980. The third-order valence-corrected chi connectivity index (χ3v) is 5.40. The van der Waals surface area contributed by atoms with Crippen LogP contribution in [0.25, 0.3) is 0 Å². The highest BCUT2D eigenvalue weighted by molar-refractivity contribution is 7.91. The quantitative estimate of drug-likeness (QED) is 0.780. The number of carbonyl (C=O) groups excluding carboxylic acids is 1. The maximum Gasteiger partial charge on any atom is 0.267 e. The number of thiophene rings is 1. The maximum atomic E-state index is 11.7. The van der Waals surface area contributed by atoms with Crippen molar-refractivity contribution < 1.29 is 13.2 Å². The first-order valence-electron chi connectivity index (χ1n) is 5.32. The highest BCUT2D eigenvalue weighted by Gasteiger charge is 2.28. The molecule has 0 bridgehead atoms. The maximum absolute atomic E-state index is 11.7. The van der Waals surface area contributed by atoms with Crippen LogP contribution >= 0.6 is 23.6 Å². The van der Waals surface area contributed by atoms with E-state index >= 15 is 0 Å².